The minimum atomic E-state index is -0.662. The van der Waals surface area contributed by atoms with Crippen LogP contribution in [0.25, 0.3) is 0 Å². The minimum absolute atomic E-state index is 0.0332. The Morgan fingerprint density at radius 2 is 0.974 bits per heavy atom. The fourth-order valence-corrected chi connectivity index (χ4v) is 4.20. The Balaban J connectivity index is 2.65. The summed E-state index contributed by atoms with van der Waals surface area (Å²) in [5.74, 6) is -1.75. The highest BCUT2D eigenvalue weighted by atomic mass is 17.1. The van der Waals surface area contributed by atoms with E-state index in [-0.39, 0.29) is 36.7 Å². The van der Waals surface area contributed by atoms with Gasteiger partial charge in [-0.2, -0.15) is 10.5 Å². The first kappa shape index (κ1) is 33.0. The fraction of sp³-hybridized carbons (Fsp3) is 0.643. The number of rotatable bonds is 20. The van der Waals surface area contributed by atoms with Gasteiger partial charge >= 0.3 is 11.9 Å². The van der Waals surface area contributed by atoms with Crippen LogP contribution in [0.3, 0.4) is 0 Å². The molecule has 2 unspecified atom stereocenters. The molecule has 214 valence electrons. The van der Waals surface area contributed by atoms with E-state index in [1.165, 1.54) is 0 Å². The molecule has 0 aliphatic heterocycles. The molecule has 0 heterocycles. The zero-order chi connectivity index (χ0) is 28.2. The molecule has 1 rings (SSSR count). The van der Waals surface area contributed by atoms with Crippen molar-refractivity contribution in [1.29, 1.82) is 0 Å². The van der Waals surface area contributed by atoms with Gasteiger partial charge < -0.3 is 20.4 Å². The first-order valence-corrected chi connectivity index (χ1v) is 13.7. The van der Waals surface area contributed by atoms with Crippen molar-refractivity contribution in [2.45, 2.75) is 116 Å². The van der Waals surface area contributed by atoms with Crippen LogP contribution in [0.2, 0.25) is 0 Å². The quantitative estimate of drug-likeness (QED) is 0.0980. The Hall–Kier alpha value is -2.98. The summed E-state index contributed by atoms with van der Waals surface area (Å²) < 4.78 is 0. The Labute approximate surface area is 225 Å². The summed E-state index contributed by atoms with van der Waals surface area (Å²) in [6.07, 6.45) is 9.84. The third kappa shape index (κ3) is 14.1. The minimum Gasteiger partial charge on any atom is -0.349 e. The van der Waals surface area contributed by atoms with Gasteiger partial charge in [0, 0.05) is 36.1 Å². The molecule has 0 saturated carbocycles. The first-order valence-electron chi connectivity index (χ1n) is 13.7. The zero-order valence-corrected chi connectivity index (χ0v) is 22.7. The molecule has 0 radical (unpaired) electrons. The molecule has 1 aromatic rings. The number of hydrogen-bond acceptors (Lipinski definition) is 8. The third-order valence-electron chi connectivity index (χ3n) is 6.46. The van der Waals surface area contributed by atoms with Crippen molar-refractivity contribution in [2.75, 3.05) is 0 Å². The number of benzene rings is 1. The van der Waals surface area contributed by atoms with E-state index in [0.717, 1.165) is 38.5 Å². The van der Waals surface area contributed by atoms with E-state index >= 15 is 0 Å². The van der Waals surface area contributed by atoms with E-state index < -0.39 is 11.9 Å². The monoisotopic (exact) mass is 536 g/mol. The normalized spacial score (nSPS) is 12.3. The number of carbonyl (C=O) groups excluding carboxylic acids is 4. The smallest absolute Gasteiger partial charge is 0.342 e. The second kappa shape index (κ2) is 20.0. The lowest BCUT2D eigenvalue weighted by molar-refractivity contribution is -0.234. The maximum Gasteiger partial charge on any atom is 0.342 e. The molecule has 0 aliphatic carbocycles. The van der Waals surface area contributed by atoms with E-state index in [2.05, 4.69) is 34.3 Å². The van der Waals surface area contributed by atoms with Crippen LogP contribution in [-0.4, -0.2) is 46.4 Å². The van der Waals surface area contributed by atoms with Gasteiger partial charge in [0.25, 0.3) is 11.8 Å². The van der Waals surface area contributed by atoms with Crippen molar-refractivity contribution in [3.63, 3.8) is 0 Å². The second-order valence-electron chi connectivity index (χ2n) is 9.62. The van der Waals surface area contributed by atoms with Crippen LogP contribution >= 0.6 is 0 Å². The van der Waals surface area contributed by atoms with Gasteiger partial charge in [-0.05, 0) is 62.8 Å². The summed E-state index contributed by atoms with van der Waals surface area (Å²) in [6.45, 7) is 4.17. The van der Waals surface area contributed by atoms with Crippen LogP contribution in [0.5, 0.6) is 0 Å². The topological polar surface area (TPSA) is 151 Å². The molecule has 0 saturated heterocycles. The summed E-state index contributed by atoms with van der Waals surface area (Å²) in [5, 5.41) is 22.8. The van der Waals surface area contributed by atoms with Gasteiger partial charge in [0.15, 0.2) is 0 Å². The summed E-state index contributed by atoms with van der Waals surface area (Å²) >= 11 is 0. The average molecular weight is 537 g/mol. The van der Waals surface area contributed by atoms with Crippen LogP contribution in [0, 0.1) is 0 Å². The molecule has 2 atom stereocenters. The van der Waals surface area contributed by atoms with Crippen molar-refractivity contribution in [3.05, 3.63) is 35.4 Å². The fourth-order valence-electron chi connectivity index (χ4n) is 4.20. The molecule has 10 heteroatoms. The van der Waals surface area contributed by atoms with Crippen molar-refractivity contribution >= 4 is 23.8 Å². The molecule has 0 aromatic heterocycles. The number of amides is 2. The van der Waals surface area contributed by atoms with Gasteiger partial charge in [0.2, 0.25) is 0 Å². The largest absolute Gasteiger partial charge is 0.349 e. The van der Waals surface area contributed by atoms with E-state index in [9.17, 15) is 19.2 Å². The molecule has 0 bridgehead atoms. The lowest BCUT2D eigenvalue weighted by atomic mass is 10.0. The highest BCUT2D eigenvalue weighted by Crippen LogP contribution is 2.14. The van der Waals surface area contributed by atoms with E-state index in [0.29, 0.717) is 49.7 Å². The standard InChI is InChI=1S/C28H44N2O8/c1-3-5-11-23(13-7-9-15-25(31)37-35)29-27(33)21-17-19-22(20-18-21)28(34)30-24(12-6-4-2)14-8-10-16-26(32)38-36/h17-20,23-24,35-36H,3-16H2,1-2H3,(H,29,33)(H,30,34). The maximum absolute atomic E-state index is 12.8. The Bertz CT molecular complexity index is 775. The van der Waals surface area contributed by atoms with Gasteiger partial charge in [0.1, 0.15) is 0 Å². The van der Waals surface area contributed by atoms with E-state index in [1.807, 2.05) is 0 Å². The van der Waals surface area contributed by atoms with Gasteiger partial charge in [0.05, 0.1) is 0 Å². The predicted molar refractivity (Wildman–Crippen MR) is 142 cm³/mol. The number of hydrogen-bond donors (Lipinski definition) is 4. The van der Waals surface area contributed by atoms with Crippen LogP contribution in [-0.2, 0) is 19.4 Å². The maximum atomic E-state index is 12.8. The third-order valence-corrected chi connectivity index (χ3v) is 6.46. The van der Waals surface area contributed by atoms with Crippen molar-refractivity contribution < 1.29 is 39.5 Å². The first-order chi connectivity index (χ1) is 18.3. The van der Waals surface area contributed by atoms with Gasteiger partial charge in [-0.3, -0.25) is 9.59 Å². The average Bonchev–Trinajstić information content (AvgIpc) is 2.93. The Kier molecular flexibility index (Phi) is 17.4. The summed E-state index contributed by atoms with van der Waals surface area (Å²) in [5.41, 5.74) is 0.926. The van der Waals surface area contributed by atoms with Crippen LogP contribution in [0.1, 0.15) is 124 Å². The van der Waals surface area contributed by atoms with E-state index in [4.69, 9.17) is 10.5 Å². The molecule has 4 N–H and O–H groups in total. The molecule has 0 spiro atoms. The second-order valence-corrected chi connectivity index (χ2v) is 9.62. The number of unbranched alkanes of at least 4 members (excludes halogenated alkanes) is 4. The van der Waals surface area contributed by atoms with Gasteiger partial charge in [-0.25, -0.2) is 9.59 Å². The van der Waals surface area contributed by atoms with Crippen molar-refractivity contribution in [2.24, 2.45) is 0 Å². The molecular weight excluding hydrogens is 492 g/mol. The molecular formula is C28H44N2O8. The Morgan fingerprint density at radius 3 is 1.29 bits per heavy atom. The van der Waals surface area contributed by atoms with Gasteiger partial charge in [-0.15, -0.1) is 0 Å². The Morgan fingerprint density at radius 1 is 0.632 bits per heavy atom. The van der Waals surface area contributed by atoms with Crippen LogP contribution in [0.4, 0.5) is 0 Å². The highest BCUT2D eigenvalue weighted by molar-refractivity contribution is 5.98. The molecule has 2 amide bonds. The molecule has 1 aromatic carbocycles. The molecule has 10 nitrogen and oxygen atoms in total. The zero-order valence-electron chi connectivity index (χ0n) is 22.7. The lowest BCUT2D eigenvalue weighted by Crippen LogP contribution is -2.35. The summed E-state index contributed by atoms with van der Waals surface area (Å²) in [4.78, 5) is 55.2. The summed E-state index contributed by atoms with van der Waals surface area (Å²) in [6, 6.07) is 6.49. The predicted octanol–water partition coefficient (Wildman–Crippen LogP) is 5.42. The number of carbonyl (C=O) groups is 4. The molecule has 38 heavy (non-hydrogen) atoms. The molecule has 0 aliphatic rings. The van der Waals surface area contributed by atoms with E-state index in [1.54, 1.807) is 24.3 Å². The van der Waals surface area contributed by atoms with Crippen LogP contribution in [0.15, 0.2) is 24.3 Å². The van der Waals surface area contributed by atoms with Crippen molar-refractivity contribution in [3.8, 4) is 0 Å². The highest BCUT2D eigenvalue weighted by Gasteiger charge is 2.17. The number of nitrogens with one attached hydrogen (secondary N) is 2. The lowest BCUT2D eigenvalue weighted by Gasteiger charge is -2.19. The summed E-state index contributed by atoms with van der Waals surface area (Å²) in [7, 11) is 0. The van der Waals surface area contributed by atoms with Crippen LogP contribution < -0.4 is 10.6 Å². The van der Waals surface area contributed by atoms with Gasteiger partial charge in [-0.1, -0.05) is 52.4 Å². The molecule has 0 fully saturated rings. The van der Waals surface area contributed by atoms with Crippen molar-refractivity contribution in [1.82, 2.24) is 10.6 Å². The SMILES string of the molecule is CCCCC(CCCCC(=O)OO)NC(=O)c1ccc(C(=O)NC(CCCC)CCCCC(=O)OO)cc1.